The van der Waals surface area contributed by atoms with Gasteiger partial charge in [0.25, 0.3) is 5.91 Å². The third-order valence-corrected chi connectivity index (χ3v) is 5.56. The number of hydrogen-bond acceptors (Lipinski definition) is 9. The normalized spacial score (nSPS) is 15.6. The molecule has 1 fully saturated rings. The van der Waals surface area contributed by atoms with Gasteiger partial charge < -0.3 is 36.7 Å². The number of carbonyl (C=O) groups excluding carboxylic acids is 2. The van der Waals surface area contributed by atoms with Gasteiger partial charge in [0.2, 0.25) is 11.9 Å². The van der Waals surface area contributed by atoms with E-state index in [-0.39, 0.29) is 29.3 Å². The summed E-state index contributed by atoms with van der Waals surface area (Å²) in [5, 5.41) is 17.1. The van der Waals surface area contributed by atoms with E-state index in [0.717, 1.165) is 19.1 Å². The number of amides is 2. The van der Waals surface area contributed by atoms with Crippen molar-refractivity contribution in [3.8, 4) is 5.75 Å². The van der Waals surface area contributed by atoms with Gasteiger partial charge in [-0.15, -0.1) is 0 Å². The Morgan fingerprint density at radius 2 is 2.14 bits per heavy atom. The van der Waals surface area contributed by atoms with Crippen LogP contribution in [0.2, 0.25) is 0 Å². The van der Waals surface area contributed by atoms with Crippen LogP contribution in [0.4, 0.5) is 17.5 Å². The van der Waals surface area contributed by atoms with Crippen molar-refractivity contribution in [2.24, 2.45) is 11.7 Å². The number of benzene rings is 1. The van der Waals surface area contributed by atoms with E-state index in [2.05, 4.69) is 46.3 Å². The molecule has 37 heavy (non-hydrogen) atoms. The number of carbonyl (C=O) groups is 2. The number of primary amides is 1. The molecule has 196 valence electrons. The Kier molecular flexibility index (Phi) is 9.59. The van der Waals surface area contributed by atoms with Crippen LogP contribution in [-0.4, -0.2) is 58.6 Å². The van der Waals surface area contributed by atoms with Gasteiger partial charge in [-0.2, -0.15) is 4.98 Å². The molecular weight excluding hydrogens is 472 g/mol. The van der Waals surface area contributed by atoms with Crippen LogP contribution in [0.5, 0.6) is 5.75 Å². The minimum atomic E-state index is -0.685. The van der Waals surface area contributed by atoms with Crippen LogP contribution in [0, 0.1) is 11.3 Å². The fourth-order valence-corrected chi connectivity index (χ4v) is 3.69. The number of nitrogens with two attached hydrogens (primary N) is 1. The van der Waals surface area contributed by atoms with E-state index >= 15 is 0 Å². The van der Waals surface area contributed by atoms with Gasteiger partial charge in [-0.3, -0.25) is 9.59 Å². The zero-order valence-corrected chi connectivity index (χ0v) is 21.2. The fourth-order valence-electron chi connectivity index (χ4n) is 3.69. The average Bonchev–Trinajstić information content (AvgIpc) is 2.90. The number of allylic oxidation sites excluding steroid dienone is 1. The standard InChI is InChI=1S/C26H34N8O3/c1-4-23(35)34-11-7-8-18(15-34)29-13-19(12-27)31-26-30-14-20(24(28)36)25(33-26)32-21-9-5-6-10-22(21)37-16-17(2)3/h4-6,9-10,12-14,17-18,27,29H,1,7-8,11,15-16H2,2-3H3,(H2,28,36)(H2,30,31,32,33)/b19-13+,27-12?. The minimum absolute atomic E-state index is 0.0344. The Labute approximate surface area is 216 Å². The third kappa shape index (κ3) is 7.79. The summed E-state index contributed by atoms with van der Waals surface area (Å²) < 4.78 is 5.89. The summed E-state index contributed by atoms with van der Waals surface area (Å²) in [5.41, 5.74) is 6.68. The predicted octanol–water partition coefficient (Wildman–Crippen LogP) is 3.02. The number of ether oxygens (including phenoxy) is 1. The highest BCUT2D eigenvalue weighted by molar-refractivity contribution is 5.98. The van der Waals surface area contributed by atoms with Crippen LogP contribution in [0.15, 0.2) is 55.0 Å². The van der Waals surface area contributed by atoms with Gasteiger partial charge in [0.1, 0.15) is 17.1 Å². The molecule has 11 nitrogen and oxygen atoms in total. The molecule has 1 aromatic heterocycles. The lowest BCUT2D eigenvalue weighted by molar-refractivity contribution is -0.127. The molecule has 6 N–H and O–H groups in total. The third-order valence-electron chi connectivity index (χ3n) is 5.56. The van der Waals surface area contributed by atoms with E-state index < -0.39 is 5.91 Å². The molecular formula is C26H34N8O3. The van der Waals surface area contributed by atoms with Gasteiger partial charge >= 0.3 is 0 Å². The second-order valence-corrected chi connectivity index (χ2v) is 9.01. The van der Waals surface area contributed by atoms with Gasteiger partial charge in [0.05, 0.1) is 18.0 Å². The van der Waals surface area contributed by atoms with Crippen molar-refractivity contribution in [1.29, 1.82) is 5.41 Å². The zero-order valence-electron chi connectivity index (χ0n) is 21.2. The monoisotopic (exact) mass is 506 g/mol. The minimum Gasteiger partial charge on any atom is -0.491 e. The quantitative estimate of drug-likeness (QED) is 0.217. The highest BCUT2D eigenvalue weighted by atomic mass is 16.5. The number of nitrogens with one attached hydrogen (secondary N) is 4. The largest absolute Gasteiger partial charge is 0.491 e. The van der Waals surface area contributed by atoms with Crippen LogP contribution in [0.25, 0.3) is 0 Å². The van der Waals surface area contributed by atoms with Gasteiger partial charge in [0, 0.05) is 37.7 Å². The molecule has 0 bridgehead atoms. The number of piperidine rings is 1. The Morgan fingerprint density at radius 3 is 2.84 bits per heavy atom. The van der Waals surface area contributed by atoms with Crippen LogP contribution >= 0.6 is 0 Å². The van der Waals surface area contributed by atoms with Crippen molar-refractivity contribution in [3.05, 3.63) is 60.6 Å². The maximum absolute atomic E-state index is 12.0. The Balaban J connectivity index is 1.76. The molecule has 1 atom stereocenters. The maximum atomic E-state index is 12.0. The molecule has 0 radical (unpaired) electrons. The number of aromatic nitrogens is 2. The van der Waals surface area contributed by atoms with Crippen molar-refractivity contribution in [1.82, 2.24) is 20.2 Å². The lowest BCUT2D eigenvalue weighted by atomic mass is 10.1. The molecule has 1 aliphatic rings. The summed E-state index contributed by atoms with van der Waals surface area (Å²) in [6, 6.07) is 7.37. The summed E-state index contributed by atoms with van der Waals surface area (Å²) >= 11 is 0. The second-order valence-electron chi connectivity index (χ2n) is 9.01. The Bertz CT molecular complexity index is 1160. The van der Waals surface area contributed by atoms with Gasteiger partial charge in [0.15, 0.2) is 0 Å². The Morgan fingerprint density at radius 1 is 1.35 bits per heavy atom. The lowest BCUT2D eigenvalue weighted by Crippen LogP contribution is -2.46. The van der Waals surface area contributed by atoms with E-state index in [1.807, 2.05) is 24.3 Å². The molecule has 1 saturated heterocycles. The number of anilines is 3. The highest BCUT2D eigenvalue weighted by Crippen LogP contribution is 2.29. The second kappa shape index (κ2) is 13.1. The molecule has 0 saturated carbocycles. The summed E-state index contributed by atoms with van der Waals surface area (Å²) in [5.74, 6) is 0.532. The van der Waals surface area contributed by atoms with E-state index in [9.17, 15) is 9.59 Å². The van der Waals surface area contributed by atoms with Crippen molar-refractivity contribution < 1.29 is 14.3 Å². The molecule has 11 heteroatoms. The van der Waals surface area contributed by atoms with Crippen LogP contribution in [-0.2, 0) is 4.79 Å². The first-order chi connectivity index (χ1) is 17.8. The van der Waals surface area contributed by atoms with E-state index in [1.54, 1.807) is 11.1 Å². The number of hydrogen-bond donors (Lipinski definition) is 5. The first kappa shape index (κ1) is 27.2. The van der Waals surface area contributed by atoms with Crippen LogP contribution in [0.3, 0.4) is 0 Å². The highest BCUT2D eigenvalue weighted by Gasteiger charge is 2.21. The summed E-state index contributed by atoms with van der Waals surface area (Å²) in [4.78, 5) is 34.3. The van der Waals surface area contributed by atoms with E-state index in [4.69, 9.17) is 15.9 Å². The predicted molar refractivity (Wildman–Crippen MR) is 144 cm³/mol. The van der Waals surface area contributed by atoms with Crippen molar-refractivity contribution >= 4 is 35.5 Å². The average molecular weight is 507 g/mol. The lowest BCUT2D eigenvalue weighted by Gasteiger charge is -2.32. The SMILES string of the molecule is C=CC(=O)N1CCCC(N/C=C(\C=N)Nc2ncc(C(N)=O)c(Nc3ccccc3OCC(C)C)n2)C1. The molecule has 2 amide bonds. The first-order valence-corrected chi connectivity index (χ1v) is 12.1. The molecule has 0 aliphatic carbocycles. The topological polar surface area (TPSA) is 158 Å². The maximum Gasteiger partial charge on any atom is 0.254 e. The van der Waals surface area contributed by atoms with Crippen molar-refractivity contribution in [2.75, 3.05) is 30.3 Å². The van der Waals surface area contributed by atoms with Crippen LogP contribution in [0.1, 0.15) is 37.0 Å². The summed E-state index contributed by atoms with van der Waals surface area (Å²) in [6.07, 6.45) is 7.16. The molecule has 2 aromatic rings. The molecule has 1 aliphatic heterocycles. The number of nitrogens with zero attached hydrogens (tertiary/aromatic N) is 3. The molecule has 3 rings (SSSR count). The van der Waals surface area contributed by atoms with E-state index in [1.165, 1.54) is 12.3 Å². The summed E-state index contributed by atoms with van der Waals surface area (Å²) in [6.45, 7) is 9.42. The first-order valence-electron chi connectivity index (χ1n) is 12.1. The van der Waals surface area contributed by atoms with Gasteiger partial charge in [-0.1, -0.05) is 32.6 Å². The molecule has 1 aromatic carbocycles. The number of para-hydroxylation sites is 2. The molecule has 1 unspecified atom stereocenters. The number of rotatable bonds is 12. The van der Waals surface area contributed by atoms with Crippen LogP contribution < -0.4 is 26.4 Å². The molecule has 0 spiro atoms. The molecule has 2 heterocycles. The van der Waals surface area contributed by atoms with Crippen molar-refractivity contribution in [3.63, 3.8) is 0 Å². The fraction of sp³-hybridized carbons (Fsp3) is 0.346. The van der Waals surface area contributed by atoms with Crippen molar-refractivity contribution in [2.45, 2.75) is 32.7 Å². The van der Waals surface area contributed by atoms with E-state index in [0.29, 0.717) is 42.7 Å². The van der Waals surface area contributed by atoms with Gasteiger partial charge in [-0.25, -0.2) is 4.98 Å². The smallest absolute Gasteiger partial charge is 0.254 e. The summed E-state index contributed by atoms with van der Waals surface area (Å²) in [7, 11) is 0. The Hall–Kier alpha value is -4.41. The zero-order chi connectivity index (χ0) is 26.8. The number of likely N-dealkylation sites (tertiary alicyclic amines) is 1. The van der Waals surface area contributed by atoms with Gasteiger partial charge in [-0.05, 0) is 37.0 Å².